The van der Waals surface area contributed by atoms with Gasteiger partial charge in [-0.25, -0.2) is 0 Å². The molecule has 0 aromatic heterocycles. The zero-order valence-electron chi connectivity index (χ0n) is 11.6. The lowest BCUT2D eigenvalue weighted by Crippen LogP contribution is -2.20. The van der Waals surface area contributed by atoms with Gasteiger partial charge in [0, 0.05) is 24.2 Å². The summed E-state index contributed by atoms with van der Waals surface area (Å²) >= 11 is 0. The number of rotatable bonds is 6. The Morgan fingerprint density at radius 1 is 1.44 bits per heavy atom. The smallest absolute Gasteiger partial charge is 0.123 e. The highest BCUT2D eigenvalue weighted by Crippen LogP contribution is 2.30. The van der Waals surface area contributed by atoms with Crippen molar-refractivity contribution in [2.24, 2.45) is 5.73 Å². The Kier molecular flexibility index (Phi) is 4.25. The molecule has 1 atom stereocenters. The van der Waals surface area contributed by atoms with E-state index in [1.165, 1.54) is 24.0 Å². The molecule has 1 saturated carbocycles. The zero-order valence-corrected chi connectivity index (χ0v) is 11.6. The summed E-state index contributed by atoms with van der Waals surface area (Å²) in [7, 11) is 2.19. The van der Waals surface area contributed by atoms with E-state index >= 15 is 0 Å². The van der Waals surface area contributed by atoms with Crippen molar-refractivity contribution in [3.05, 3.63) is 29.3 Å². The molecule has 0 spiro atoms. The van der Waals surface area contributed by atoms with Crippen LogP contribution in [0.3, 0.4) is 0 Å². The predicted molar refractivity (Wildman–Crippen MR) is 74.7 cm³/mol. The van der Waals surface area contributed by atoms with Crippen molar-refractivity contribution in [3.63, 3.8) is 0 Å². The van der Waals surface area contributed by atoms with E-state index in [4.69, 9.17) is 10.5 Å². The van der Waals surface area contributed by atoms with Gasteiger partial charge in [0.25, 0.3) is 0 Å². The van der Waals surface area contributed by atoms with E-state index in [0.29, 0.717) is 6.61 Å². The highest BCUT2D eigenvalue weighted by molar-refractivity contribution is 5.38. The lowest BCUT2D eigenvalue weighted by Gasteiger charge is -2.19. The molecular weight excluding hydrogens is 224 g/mol. The largest absolute Gasteiger partial charge is 0.494 e. The van der Waals surface area contributed by atoms with Gasteiger partial charge in [-0.3, -0.25) is 4.90 Å². The standard InChI is InChI=1S/C15H24N2O/c1-4-18-15-8-5-12(11(2)16)9-13(15)10-17(3)14-6-7-14/h5,8-9,11,14H,4,6-7,10,16H2,1-3H3. The van der Waals surface area contributed by atoms with Gasteiger partial charge in [0.05, 0.1) is 6.61 Å². The number of hydrogen-bond donors (Lipinski definition) is 1. The van der Waals surface area contributed by atoms with Gasteiger partial charge < -0.3 is 10.5 Å². The second-order valence-electron chi connectivity index (χ2n) is 5.24. The van der Waals surface area contributed by atoms with Gasteiger partial charge in [0.15, 0.2) is 0 Å². The van der Waals surface area contributed by atoms with Crippen molar-refractivity contribution in [3.8, 4) is 5.75 Å². The van der Waals surface area contributed by atoms with Crippen LogP contribution >= 0.6 is 0 Å². The molecule has 3 nitrogen and oxygen atoms in total. The topological polar surface area (TPSA) is 38.5 Å². The zero-order chi connectivity index (χ0) is 13.1. The van der Waals surface area contributed by atoms with E-state index in [0.717, 1.165) is 18.3 Å². The van der Waals surface area contributed by atoms with Crippen LogP contribution in [-0.2, 0) is 6.54 Å². The van der Waals surface area contributed by atoms with Crippen LogP contribution in [-0.4, -0.2) is 24.6 Å². The Morgan fingerprint density at radius 3 is 2.72 bits per heavy atom. The Labute approximate surface area is 110 Å². The monoisotopic (exact) mass is 248 g/mol. The summed E-state index contributed by atoms with van der Waals surface area (Å²) in [6.45, 7) is 5.69. The van der Waals surface area contributed by atoms with Gasteiger partial charge in [-0.2, -0.15) is 0 Å². The van der Waals surface area contributed by atoms with Gasteiger partial charge >= 0.3 is 0 Å². The maximum absolute atomic E-state index is 5.96. The molecule has 2 N–H and O–H groups in total. The molecule has 1 aliphatic rings. The lowest BCUT2D eigenvalue weighted by atomic mass is 10.0. The van der Waals surface area contributed by atoms with Crippen LogP contribution in [0.5, 0.6) is 5.75 Å². The normalized spacial score (nSPS) is 16.9. The van der Waals surface area contributed by atoms with E-state index in [9.17, 15) is 0 Å². The average molecular weight is 248 g/mol. The molecular formula is C15H24N2O. The van der Waals surface area contributed by atoms with Crippen molar-refractivity contribution in [2.45, 2.75) is 45.3 Å². The first-order valence-corrected chi connectivity index (χ1v) is 6.83. The molecule has 1 aliphatic carbocycles. The molecule has 1 fully saturated rings. The third kappa shape index (κ3) is 3.24. The Balaban J connectivity index is 2.18. The number of hydrogen-bond acceptors (Lipinski definition) is 3. The Morgan fingerprint density at radius 2 is 2.17 bits per heavy atom. The first-order valence-electron chi connectivity index (χ1n) is 6.83. The highest BCUT2D eigenvalue weighted by Gasteiger charge is 2.26. The predicted octanol–water partition coefficient (Wildman–Crippen LogP) is 2.70. The molecule has 2 rings (SSSR count). The van der Waals surface area contributed by atoms with Crippen molar-refractivity contribution in [1.82, 2.24) is 4.90 Å². The summed E-state index contributed by atoms with van der Waals surface area (Å²) in [6.07, 6.45) is 2.65. The fourth-order valence-electron chi connectivity index (χ4n) is 2.22. The maximum Gasteiger partial charge on any atom is 0.123 e. The van der Waals surface area contributed by atoms with Crippen LogP contribution in [0.25, 0.3) is 0 Å². The van der Waals surface area contributed by atoms with E-state index < -0.39 is 0 Å². The Hall–Kier alpha value is -1.06. The van der Waals surface area contributed by atoms with Crippen LogP contribution in [0.2, 0.25) is 0 Å². The molecule has 0 heterocycles. The summed E-state index contributed by atoms with van der Waals surface area (Å²) in [5, 5.41) is 0. The summed E-state index contributed by atoms with van der Waals surface area (Å²) in [4.78, 5) is 2.41. The third-order valence-corrected chi connectivity index (χ3v) is 3.50. The SMILES string of the molecule is CCOc1ccc(C(C)N)cc1CN(C)C1CC1. The van der Waals surface area contributed by atoms with E-state index in [-0.39, 0.29) is 6.04 Å². The molecule has 0 radical (unpaired) electrons. The first-order chi connectivity index (χ1) is 8.61. The maximum atomic E-state index is 5.96. The van der Waals surface area contributed by atoms with Crippen LogP contribution in [0.1, 0.15) is 43.9 Å². The summed E-state index contributed by atoms with van der Waals surface area (Å²) in [6, 6.07) is 7.15. The average Bonchev–Trinajstić information content (AvgIpc) is 3.15. The number of benzene rings is 1. The van der Waals surface area contributed by atoms with Crippen molar-refractivity contribution >= 4 is 0 Å². The number of nitrogens with two attached hydrogens (primary N) is 1. The van der Waals surface area contributed by atoms with Crippen LogP contribution in [0.4, 0.5) is 0 Å². The van der Waals surface area contributed by atoms with Gasteiger partial charge in [-0.1, -0.05) is 6.07 Å². The minimum absolute atomic E-state index is 0.0747. The molecule has 0 saturated heterocycles. The second-order valence-corrected chi connectivity index (χ2v) is 5.24. The molecule has 0 aliphatic heterocycles. The highest BCUT2D eigenvalue weighted by atomic mass is 16.5. The van der Waals surface area contributed by atoms with Gasteiger partial charge in [0.1, 0.15) is 5.75 Å². The minimum Gasteiger partial charge on any atom is -0.494 e. The van der Waals surface area contributed by atoms with Crippen LogP contribution in [0, 0.1) is 0 Å². The van der Waals surface area contributed by atoms with Gasteiger partial charge in [-0.05, 0) is 51.4 Å². The summed E-state index contributed by atoms with van der Waals surface area (Å²) in [5.74, 6) is 0.995. The second kappa shape index (κ2) is 5.72. The third-order valence-electron chi connectivity index (χ3n) is 3.50. The van der Waals surface area contributed by atoms with Gasteiger partial charge in [-0.15, -0.1) is 0 Å². The van der Waals surface area contributed by atoms with Crippen molar-refractivity contribution in [1.29, 1.82) is 0 Å². The molecule has 1 aromatic carbocycles. The van der Waals surface area contributed by atoms with Gasteiger partial charge in [0.2, 0.25) is 0 Å². The van der Waals surface area contributed by atoms with E-state index in [2.05, 4.69) is 30.1 Å². The lowest BCUT2D eigenvalue weighted by molar-refractivity contribution is 0.296. The number of nitrogens with zero attached hydrogens (tertiary/aromatic N) is 1. The summed E-state index contributed by atoms with van der Waals surface area (Å²) < 4.78 is 5.71. The molecule has 1 aromatic rings. The first kappa shape index (κ1) is 13.4. The molecule has 3 heteroatoms. The van der Waals surface area contributed by atoms with Crippen LogP contribution in [0.15, 0.2) is 18.2 Å². The van der Waals surface area contributed by atoms with Crippen molar-refractivity contribution < 1.29 is 4.74 Å². The van der Waals surface area contributed by atoms with Crippen molar-refractivity contribution in [2.75, 3.05) is 13.7 Å². The fraction of sp³-hybridized carbons (Fsp3) is 0.600. The Bertz CT molecular complexity index is 399. The van der Waals surface area contributed by atoms with Crippen LogP contribution < -0.4 is 10.5 Å². The summed E-state index contributed by atoms with van der Waals surface area (Å²) in [5.41, 5.74) is 8.38. The quantitative estimate of drug-likeness (QED) is 0.841. The van der Waals surface area contributed by atoms with E-state index in [1.54, 1.807) is 0 Å². The number of ether oxygens (including phenoxy) is 1. The molecule has 1 unspecified atom stereocenters. The molecule has 100 valence electrons. The van der Waals surface area contributed by atoms with E-state index in [1.807, 2.05) is 13.8 Å². The molecule has 18 heavy (non-hydrogen) atoms. The molecule has 0 bridgehead atoms. The minimum atomic E-state index is 0.0747. The fourth-order valence-corrected chi connectivity index (χ4v) is 2.22. The molecule has 0 amide bonds.